The van der Waals surface area contributed by atoms with E-state index in [-0.39, 0.29) is 6.42 Å². The summed E-state index contributed by atoms with van der Waals surface area (Å²) in [5, 5.41) is 29.4. The maximum atomic E-state index is 11.6. The van der Waals surface area contributed by atoms with Crippen molar-refractivity contribution in [3.05, 3.63) is 0 Å². The number of aliphatic hydroxyl groups is 3. The summed E-state index contributed by atoms with van der Waals surface area (Å²) in [6, 6.07) is 0. The van der Waals surface area contributed by atoms with Crippen molar-refractivity contribution in [3.8, 4) is 0 Å². The maximum absolute atomic E-state index is 11.6. The Morgan fingerprint density at radius 2 is 1.62 bits per heavy atom. The van der Waals surface area contributed by atoms with Crippen LogP contribution in [0.2, 0.25) is 0 Å². The smallest absolute Gasteiger partial charge is 0.223 e. The number of ether oxygens (including phenoxy) is 1. The predicted octanol–water partition coefficient (Wildman–Crippen LogP) is -1.37. The highest BCUT2D eigenvalue weighted by Crippen LogP contribution is 2.13. The lowest BCUT2D eigenvalue weighted by atomic mass is 10.0. The molecule has 0 heterocycles. The Kier molecular flexibility index (Phi) is 5.88. The lowest BCUT2D eigenvalue weighted by molar-refractivity contribution is -0.130. The van der Waals surface area contributed by atoms with Gasteiger partial charge in [0.25, 0.3) is 0 Å². The molecule has 0 aliphatic heterocycles. The first-order valence-electron chi connectivity index (χ1n) is 5.03. The molecule has 4 N–H and O–H groups in total. The Hall–Kier alpha value is -0.690. The molecule has 0 spiro atoms. The topological polar surface area (TPSA) is 99.0 Å². The first-order valence-corrected chi connectivity index (χ1v) is 5.03. The predicted molar refractivity (Wildman–Crippen MR) is 57.8 cm³/mol. The largest absolute Gasteiger partial charge is 0.394 e. The zero-order valence-corrected chi connectivity index (χ0v) is 9.99. The van der Waals surface area contributed by atoms with Gasteiger partial charge < -0.3 is 25.4 Å². The van der Waals surface area contributed by atoms with E-state index in [2.05, 4.69) is 5.32 Å². The molecule has 0 saturated heterocycles. The standard InChI is InChI=1S/C10H21NO5/c1-9(2,16-3)4-8(15)11-10(5-12,6-13)7-14/h12-14H,4-7H2,1-3H3,(H,11,15). The summed E-state index contributed by atoms with van der Waals surface area (Å²) >= 11 is 0. The van der Waals surface area contributed by atoms with Crippen molar-refractivity contribution in [3.63, 3.8) is 0 Å². The lowest BCUT2D eigenvalue weighted by Crippen LogP contribution is -2.57. The summed E-state index contributed by atoms with van der Waals surface area (Å²) in [4.78, 5) is 11.6. The van der Waals surface area contributed by atoms with Crippen LogP contribution < -0.4 is 5.32 Å². The first-order chi connectivity index (χ1) is 7.34. The molecule has 0 atom stereocenters. The van der Waals surface area contributed by atoms with Crippen LogP contribution in [0, 0.1) is 0 Å². The molecule has 0 radical (unpaired) electrons. The molecule has 0 aromatic carbocycles. The van der Waals surface area contributed by atoms with Gasteiger partial charge in [-0.15, -0.1) is 0 Å². The number of carbonyl (C=O) groups excluding carboxylic acids is 1. The molecule has 0 aliphatic carbocycles. The van der Waals surface area contributed by atoms with Crippen molar-refractivity contribution in [2.75, 3.05) is 26.9 Å². The van der Waals surface area contributed by atoms with Crippen LogP contribution in [0.15, 0.2) is 0 Å². The van der Waals surface area contributed by atoms with Gasteiger partial charge in [-0.25, -0.2) is 0 Å². The van der Waals surface area contributed by atoms with E-state index in [4.69, 9.17) is 20.1 Å². The summed E-state index contributed by atoms with van der Waals surface area (Å²) in [6.45, 7) is 1.90. The van der Waals surface area contributed by atoms with Gasteiger partial charge in [-0.3, -0.25) is 4.79 Å². The van der Waals surface area contributed by atoms with E-state index in [9.17, 15) is 4.79 Å². The summed E-state index contributed by atoms with van der Waals surface area (Å²) in [5.41, 5.74) is -2.00. The molecule has 6 heteroatoms. The minimum Gasteiger partial charge on any atom is -0.394 e. The summed E-state index contributed by atoms with van der Waals surface area (Å²) in [7, 11) is 1.49. The monoisotopic (exact) mass is 235 g/mol. The second-order valence-electron chi connectivity index (χ2n) is 4.44. The maximum Gasteiger partial charge on any atom is 0.223 e. The minimum atomic E-state index is -1.37. The van der Waals surface area contributed by atoms with Gasteiger partial charge in [0.2, 0.25) is 5.91 Å². The molecule has 96 valence electrons. The summed E-state index contributed by atoms with van der Waals surface area (Å²) in [6.07, 6.45) is 0.0747. The van der Waals surface area contributed by atoms with E-state index in [1.54, 1.807) is 13.8 Å². The van der Waals surface area contributed by atoms with Gasteiger partial charge >= 0.3 is 0 Å². The highest BCUT2D eigenvalue weighted by Gasteiger charge is 2.32. The van der Waals surface area contributed by atoms with Crippen LogP contribution in [0.3, 0.4) is 0 Å². The van der Waals surface area contributed by atoms with Crippen molar-refractivity contribution in [2.45, 2.75) is 31.4 Å². The zero-order valence-electron chi connectivity index (χ0n) is 9.99. The van der Waals surface area contributed by atoms with Crippen LogP contribution in [-0.4, -0.2) is 59.3 Å². The third kappa shape index (κ3) is 4.44. The molecule has 6 nitrogen and oxygen atoms in total. The molecule has 0 rings (SSSR count). The summed E-state index contributed by atoms with van der Waals surface area (Å²) < 4.78 is 5.08. The van der Waals surface area contributed by atoms with Crippen molar-refractivity contribution in [1.82, 2.24) is 5.32 Å². The second-order valence-corrected chi connectivity index (χ2v) is 4.44. The van der Waals surface area contributed by atoms with Crippen molar-refractivity contribution < 1.29 is 24.9 Å². The SMILES string of the molecule is COC(C)(C)CC(=O)NC(CO)(CO)CO. The molecule has 0 unspecified atom stereocenters. The third-order valence-electron chi connectivity index (χ3n) is 2.45. The van der Waals surface area contributed by atoms with Gasteiger partial charge in [-0.2, -0.15) is 0 Å². The number of carbonyl (C=O) groups is 1. The normalized spacial score (nSPS) is 12.6. The fourth-order valence-corrected chi connectivity index (χ4v) is 1.07. The van der Waals surface area contributed by atoms with Gasteiger partial charge in [-0.05, 0) is 13.8 Å². The number of methoxy groups -OCH3 is 1. The van der Waals surface area contributed by atoms with E-state index in [1.165, 1.54) is 7.11 Å². The van der Waals surface area contributed by atoms with Crippen LogP contribution in [-0.2, 0) is 9.53 Å². The number of hydrogen-bond donors (Lipinski definition) is 4. The van der Waals surface area contributed by atoms with Gasteiger partial charge in [0, 0.05) is 7.11 Å². The number of aliphatic hydroxyl groups excluding tert-OH is 3. The van der Waals surface area contributed by atoms with Crippen molar-refractivity contribution in [1.29, 1.82) is 0 Å². The van der Waals surface area contributed by atoms with Gasteiger partial charge in [-0.1, -0.05) is 0 Å². The molecule has 0 aromatic heterocycles. The van der Waals surface area contributed by atoms with Crippen LogP contribution >= 0.6 is 0 Å². The van der Waals surface area contributed by atoms with Crippen LogP contribution in [0.1, 0.15) is 20.3 Å². The molecule has 0 bridgehead atoms. The lowest BCUT2D eigenvalue weighted by Gasteiger charge is -2.30. The Labute approximate surface area is 95.2 Å². The van der Waals surface area contributed by atoms with E-state index < -0.39 is 36.9 Å². The van der Waals surface area contributed by atoms with Crippen LogP contribution in [0.4, 0.5) is 0 Å². The number of hydrogen-bond acceptors (Lipinski definition) is 5. The van der Waals surface area contributed by atoms with Gasteiger partial charge in [0.05, 0.1) is 31.8 Å². The van der Waals surface area contributed by atoms with Crippen LogP contribution in [0.5, 0.6) is 0 Å². The number of amides is 1. The Balaban J connectivity index is 4.42. The molecule has 1 amide bonds. The molecule has 0 saturated carbocycles. The van der Waals surface area contributed by atoms with E-state index in [1.807, 2.05) is 0 Å². The molecule has 0 fully saturated rings. The van der Waals surface area contributed by atoms with Crippen molar-refractivity contribution >= 4 is 5.91 Å². The fraction of sp³-hybridized carbons (Fsp3) is 0.900. The Morgan fingerprint density at radius 3 is 1.94 bits per heavy atom. The zero-order chi connectivity index (χ0) is 12.8. The van der Waals surface area contributed by atoms with E-state index >= 15 is 0 Å². The summed E-state index contributed by atoms with van der Waals surface area (Å²) in [5.74, 6) is -0.399. The number of rotatable bonds is 7. The molecular weight excluding hydrogens is 214 g/mol. The van der Waals surface area contributed by atoms with Crippen molar-refractivity contribution in [2.24, 2.45) is 0 Å². The first kappa shape index (κ1) is 15.3. The number of nitrogens with one attached hydrogen (secondary N) is 1. The molecule has 0 aliphatic rings. The quantitative estimate of drug-likeness (QED) is 0.436. The second kappa shape index (κ2) is 6.15. The highest BCUT2D eigenvalue weighted by molar-refractivity contribution is 5.77. The van der Waals surface area contributed by atoms with Gasteiger partial charge in [0.1, 0.15) is 5.54 Å². The Morgan fingerprint density at radius 1 is 1.19 bits per heavy atom. The highest BCUT2D eigenvalue weighted by atomic mass is 16.5. The average molecular weight is 235 g/mol. The van der Waals surface area contributed by atoms with Crippen LogP contribution in [0.25, 0.3) is 0 Å². The molecule has 16 heavy (non-hydrogen) atoms. The third-order valence-corrected chi connectivity index (χ3v) is 2.45. The molecular formula is C10H21NO5. The van der Waals surface area contributed by atoms with E-state index in [0.717, 1.165) is 0 Å². The average Bonchev–Trinajstić information content (AvgIpc) is 2.25. The van der Waals surface area contributed by atoms with Gasteiger partial charge in [0.15, 0.2) is 0 Å². The van der Waals surface area contributed by atoms with E-state index in [0.29, 0.717) is 0 Å². The minimum absolute atomic E-state index is 0.0747. The fourth-order valence-electron chi connectivity index (χ4n) is 1.07. The Bertz CT molecular complexity index is 217. The molecule has 0 aromatic rings.